The summed E-state index contributed by atoms with van der Waals surface area (Å²) >= 11 is 1.13. The van der Waals surface area contributed by atoms with Crippen molar-refractivity contribution in [1.29, 1.82) is 0 Å². The Balaban J connectivity index is 2.04. The molecule has 23 heavy (non-hydrogen) atoms. The first kappa shape index (κ1) is 17.2. The van der Waals surface area contributed by atoms with Crippen LogP contribution in [0, 0.1) is 0 Å². The van der Waals surface area contributed by atoms with Gasteiger partial charge in [-0.3, -0.25) is 9.59 Å². The van der Waals surface area contributed by atoms with E-state index in [0.29, 0.717) is 12.0 Å². The summed E-state index contributed by atoms with van der Waals surface area (Å²) in [5.74, 6) is -0.00927. The molecule has 1 atom stereocenters. The fourth-order valence-corrected chi connectivity index (χ4v) is 3.22. The van der Waals surface area contributed by atoms with E-state index in [2.05, 4.69) is 0 Å². The molecular weight excluding hydrogens is 304 g/mol. The van der Waals surface area contributed by atoms with E-state index in [4.69, 9.17) is 0 Å². The molecule has 0 aliphatic heterocycles. The second-order valence-electron chi connectivity index (χ2n) is 5.20. The van der Waals surface area contributed by atoms with Gasteiger partial charge in [0.15, 0.2) is 5.78 Å². The number of thioether (sulfide) groups is 1. The molecule has 0 N–H and O–H groups in total. The Morgan fingerprint density at radius 2 is 1.61 bits per heavy atom. The quantitative estimate of drug-likeness (QED) is 0.671. The smallest absolute Gasteiger partial charge is 0.220 e. The molecule has 0 fully saturated rings. The molecule has 1 unspecified atom stereocenters. The Bertz CT molecular complexity index is 663. The highest BCUT2D eigenvalue weighted by molar-refractivity contribution is 8.15. The summed E-state index contributed by atoms with van der Waals surface area (Å²) in [4.78, 5) is 24.7. The van der Waals surface area contributed by atoms with Crippen LogP contribution in [0.3, 0.4) is 0 Å². The SMILES string of the molecule is CCCC(SC(=O)c1ccccc1)C(=O)/C=C/c1ccccc1. The van der Waals surface area contributed by atoms with Crippen molar-refractivity contribution in [3.05, 3.63) is 77.9 Å². The minimum atomic E-state index is -0.326. The van der Waals surface area contributed by atoms with Crippen LogP contribution in [0.2, 0.25) is 0 Å². The lowest BCUT2D eigenvalue weighted by molar-refractivity contribution is -0.114. The Morgan fingerprint density at radius 1 is 1.00 bits per heavy atom. The van der Waals surface area contributed by atoms with Gasteiger partial charge in [0.1, 0.15) is 0 Å². The van der Waals surface area contributed by atoms with Crippen molar-refractivity contribution in [2.45, 2.75) is 25.0 Å². The Labute approximate surface area is 141 Å². The molecule has 0 radical (unpaired) electrons. The van der Waals surface area contributed by atoms with Crippen LogP contribution in [0.4, 0.5) is 0 Å². The van der Waals surface area contributed by atoms with Crippen LogP contribution in [0.1, 0.15) is 35.7 Å². The first-order valence-corrected chi connectivity index (χ1v) is 8.61. The van der Waals surface area contributed by atoms with Crippen LogP contribution in [0.5, 0.6) is 0 Å². The maximum Gasteiger partial charge on any atom is 0.220 e. The number of hydrogen-bond acceptors (Lipinski definition) is 3. The molecule has 0 aromatic heterocycles. The van der Waals surface area contributed by atoms with Crippen LogP contribution >= 0.6 is 11.8 Å². The van der Waals surface area contributed by atoms with Crippen LogP contribution in [-0.2, 0) is 4.79 Å². The summed E-state index contributed by atoms with van der Waals surface area (Å²) in [5.41, 5.74) is 1.62. The molecule has 2 nitrogen and oxygen atoms in total. The van der Waals surface area contributed by atoms with E-state index in [-0.39, 0.29) is 16.1 Å². The largest absolute Gasteiger partial charge is 0.294 e. The van der Waals surface area contributed by atoms with E-state index >= 15 is 0 Å². The highest BCUT2D eigenvalue weighted by atomic mass is 32.2. The van der Waals surface area contributed by atoms with Crippen molar-refractivity contribution >= 4 is 28.7 Å². The maximum absolute atomic E-state index is 12.4. The zero-order chi connectivity index (χ0) is 16.5. The molecule has 0 spiro atoms. The van der Waals surface area contributed by atoms with Gasteiger partial charge >= 0.3 is 0 Å². The summed E-state index contributed by atoms with van der Waals surface area (Å²) in [6, 6.07) is 18.8. The summed E-state index contributed by atoms with van der Waals surface area (Å²) < 4.78 is 0. The van der Waals surface area contributed by atoms with Crippen molar-refractivity contribution in [3.8, 4) is 0 Å². The summed E-state index contributed by atoms with van der Waals surface area (Å²) in [6.07, 6.45) is 4.95. The molecule has 0 bridgehead atoms. The second kappa shape index (κ2) is 9.11. The lowest BCUT2D eigenvalue weighted by Crippen LogP contribution is -2.17. The molecule has 0 amide bonds. The number of carbonyl (C=O) groups is 2. The Hall–Kier alpha value is -2.13. The van der Waals surface area contributed by atoms with Gasteiger partial charge in [0.05, 0.1) is 5.25 Å². The lowest BCUT2D eigenvalue weighted by atomic mass is 10.1. The van der Waals surface area contributed by atoms with E-state index < -0.39 is 0 Å². The van der Waals surface area contributed by atoms with Gasteiger partial charge in [-0.15, -0.1) is 0 Å². The number of allylic oxidation sites excluding steroid dienone is 1. The predicted molar refractivity (Wildman–Crippen MR) is 97.5 cm³/mol. The van der Waals surface area contributed by atoms with E-state index in [1.54, 1.807) is 24.3 Å². The van der Waals surface area contributed by atoms with Crippen LogP contribution in [-0.4, -0.2) is 16.1 Å². The second-order valence-corrected chi connectivity index (χ2v) is 6.37. The molecule has 2 aromatic rings. The normalized spacial score (nSPS) is 12.2. The average molecular weight is 324 g/mol. The van der Waals surface area contributed by atoms with Crippen molar-refractivity contribution in [3.63, 3.8) is 0 Å². The summed E-state index contributed by atoms with van der Waals surface area (Å²) in [7, 11) is 0. The molecule has 2 rings (SSSR count). The van der Waals surface area contributed by atoms with Gasteiger partial charge in [0.2, 0.25) is 5.12 Å². The minimum Gasteiger partial charge on any atom is -0.294 e. The monoisotopic (exact) mass is 324 g/mol. The van der Waals surface area contributed by atoms with Gasteiger partial charge in [-0.1, -0.05) is 91.8 Å². The summed E-state index contributed by atoms with van der Waals surface area (Å²) in [6.45, 7) is 2.02. The molecule has 118 valence electrons. The number of ketones is 1. The maximum atomic E-state index is 12.4. The van der Waals surface area contributed by atoms with Gasteiger partial charge in [0.25, 0.3) is 0 Å². The molecule has 0 heterocycles. The third kappa shape index (κ3) is 5.53. The highest BCUT2D eigenvalue weighted by Crippen LogP contribution is 2.23. The fourth-order valence-electron chi connectivity index (χ4n) is 2.14. The molecule has 0 saturated carbocycles. The fraction of sp³-hybridized carbons (Fsp3) is 0.200. The van der Waals surface area contributed by atoms with Crippen molar-refractivity contribution in [2.24, 2.45) is 0 Å². The van der Waals surface area contributed by atoms with Crippen LogP contribution in [0.25, 0.3) is 6.08 Å². The number of rotatable bonds is 7. The molecule has 0 aliphatic carbocycles. The molecule has 2 aromatic carbocycles. The first-order valence-electron chi connectivity index (χ1n) is 7.73. The highest BCUT2D eigenvalue weighted by Gasteiger charge is 2.20. The van der Waals surface area contributed by atoms with Crippen molar-refractivity contribution < 1.29 is 9.59 Å². The van der Waals surface area contributed by atoms with E-state index in [1.165, 1.54) is 0 Å². The van der Waals surface area contributed by atoms with Gasteiger partial charge in [-0.05, 0) is 18.1 Å². The number of carbonyl (C=O) groups excluding carboxylic acids is 2. The lowest BCUT2D eigenvalue weighted by Gasteiger charge is -2.11. The zero-order valence-corrected chi connectivity index (χ0v) is 14.0. The molecule has 3 heteroatoms. The van der Waals surface area contributed by atoms with Crippen LogP contribution in [0.15, 0.2) is 66.7 Å². The molecular formula is C20H20O2S. The van der Waals surface area contributed by atoms with E-state index in [0.717, 1.165) is 23.7 Å². The molecule has 0 aliphatic rings. The third-order valence-corrected chi connectivity index (χ3v) is 4.57. The zero-order valence-electron chi connectivity index (χ0n) is 13.1. The predicted octanol–water partition coefficient (Wildman–Crippen LogP) is 5.01. The van der Waals surface area contributed by atoms with E-state index in [1.807, 2.05) is 55.5 Å². The topological polar surface area (TPSA) is 34.1 Å². The van der Waals surface area contributed by atoms with Gasteiger partial charge in [-0.2, -0.15) is 0 Å². The standard InChI is InChI=1S/C20H20O2S/c1-2-9-19(23-20(22)17-12-7-4-8-13-17)18(21)15-14-16-10-5-3-6-11-16/h3-8,10-15,19H,2,9H2,1H3/b15-14+. The van der Waals surface area contributed by atoms with Gasteiger partial charge < -0.3 is 0 Å². The summed E-state index contributed by atoms with van der Waals surface area (Å²) in [5, 5.41) is -0.377. The van der Waals surface area contributed by atoms with Crippen LogP contribution < -0.4 is 0 Å². The first-order chi connectivity index (χ1) is 11.2. The third-order valence-electron chi connectivity index (χ3n) is 3.37. The number of benzene rings is 2. The average Bonchev–Trinajstić information content (AvgIpc) is 2.61. The molecule has 0 saturated heterocycles. The Kier molecular flexibility index (Phi) is 6.82. The van der Waals surface area contributed by atoms with Crippen molar-refractivity contribution in [1.82, 2.24) is 0 Å². The Morgan fingerprint density at radius 3 is 2.22 bits per heavy atom. The van der Waals surface area contributed by atoms with Gasteiger partial charge in [-0.25, -0.2) is 0 Å². The number of hydrogen-bond donors (Lipinski definition) is 0. The minimum absolute atomic E-state index is 0.00927. The van der Waals surface area contributed by atoms with Gasteiger partial charge in [0, 0.05) is 5.56 Å². The van der Waals surface area contributed by atoms with Crippen molar-refractivity contribution in [2.75, 3.05) is 0 Å². The van der Waals surface area contributed by atoms with E-state index in [9.17, 15) is 9.59 Å².